The van der Waals surface area contributed by atoms with Crippen molar-refractivity contribution in [2.24, 2.45) is 0 Å². The molecule has 0 aromatic carbocycles. The zero-order chi connectivity index (χ0) is 21.4. The molecule has 0 saturated heterocycles. The number of methoxy groups -OCH3 is 2. The number of rotatable bonds is 6. The van der Waals surface area contributed by atoms with Gasteiger partial charge in [0, 0.05) is 48.2 Å². The van der Waals surface area contributed by atoms with E-state index in [4.69, 9.17) is 10.2 Å². The predicted octanol–water partition coefficient (Wildman–Crippen LogP) is 2.83. The molecule has 0 aromatic heterocycles. The molecule has 0 aliphatic rings. The molecule has 0 rings (SSSR count). The van der Waals surface area contributed by atoms with Crippen molar-refractivity contribution in [3.63, 3.8) is 0 Å². The van der Waals surface area contributed by atoms with E-state index >= 15 is 0 Å². The Balaban J connectivity index is -0.0000000843. The molecule has 9 heteroatoms. The Morgan fingerprint density at radius 1 is 0.630 bits per heavy atom. The topological polar surface area (TPSA) is 127 Å². The van der Waals surface area contributed by atoms with Gasteiger partial charge in [0.2, 0.25) is 0 Å². The van der Waals surface area contributed by atoms with Crippen molar-refractivity contribution >= 4 is 47.8 Å². The van der Waals surface area contributed by atoms with Crippen molar-refractivity contribution in [2.45, 2.75) is 53.4 Å². The van der Waals surface area contributed by atoms with Crippen molar-refractivity contribution in [2.75, 3.05) is 14.2 Å². The number of aliphatic carboxylic acids is 2. The Labute approximate surface area is 178 Å². The van der Waals surface area contributed by atoms with Crippen LogP contribution in [-0.2, 0) is 28.7 Å². The van der Waals surface area contributed by atoms with Crippen molar-refractivity contribution < 1.29 is 38.9 Å². The number of hydrogen-bond acceptors (Lipinski definition) is 6. The van der Waals surface area contributed by atoms with Gasteiger partial charge in [0.05, 0.1) is 14.2 Å². The molecule has 0 amide bonds. The minimum Gasteiger partial charge on any atom is -0.478 e. The molecule has 27 heavy (non-hydrogen) atoms. The predicted molar refractivity (Wildman–Crippen MR) is 105 cm³/mol. The van der Waals surface area contributed by atoms with Gasteiger partial charge in [-0.25, -0.2) is 19.2 Å². The monoisotopic (exact) mass is 496 g/mol. The van der Waals surface area contributed by atoms with Crippen LogP contribution < -0.4 is 0 Å². The van der Waals surface area contributed by atoms with E-state index < -0.39 is 23.9 Å². The van der Waals surface area contributed by atoms with Gasteiger partial charge in [0.1, 0.15) is 0 Å². The molecule has 0 fully saturated rings. The van der Waals surface area contributed by atoms with Crippen molar-refractivity contribution in [1.82, 2.24) is 0 Å². The fourth-order valence-electron chi connectivity index (χ4n) is 0.415. The van der Waals surface area contributed by atoms with Crippen molar-refractivity contribution in [3.05, 3.63) is 24.3 Å². The zero-order valence-electron chi connectivity index (χ0n) is 17.0. The fourth-order valence-corrected chi connectivity index (χ4v) is 0.415. The number of ether oxygens (including phenoxy) is 2. The molecule has 0 unspecified atom stereocenters. The maximum absolute atomic E-state index is 10.1. The SMILES string of the molecule is CCCC.CCCC.COC(=O)/C=C\C(=O)O.COC(=O)/C=C\C(=O)O.[Sn]. The Morgan fingerprint density at radius 3 is 0.963 bits per heavy atom. The van der Waals surface area contributed by atoms with Crippen LogP contribution in [0.4, 0.5) is 0 Å². The molecule has 0 spiro atoms. The molecule has 0 aromatic rings. The average Bonchev–Trinajstić information content (AvgIpc) is 2.64. The number of esters is 2. The van der Waals surface area contributed by atoms with E-state index in [1.54, 1.807) is 0 Å². The number of hydrogen-bond donors (Lipinski definition) is 2. The fraction of sp³-hybridized carbons (Fsp3) is 0.556. The quantitative estimate of drug-likeness (QED) is 0.327. The second kappa shape index (κ2) is 31.9. The van der Waals surface area contributed by atoms with E-state index in [1.165, 1.54) is 39.9 Å². The number of unbranched alkanes of at least 4 members (excludes halogenated alkanes) is 2. The Hall–Kier alpha value is -1.84. The van der Waals surface area contributed by atoms with Gasteiger partial charge < -0.3 is 19.7 Å². The summed E-state index contributed by atoms with van der Waals surface area (Å²) < 4.78 is 8.22. The standard InChI is InChI=1S/2C5H6O4.2C4H10.Sn/c2*1-9-5(8)3-2-4(6)7;2*1-3-4-2;/h2*2-3H,1H3,(H,6,7);2*3-4H2,1-2H3;/b2*3-2-;;;. The molecule has 0 saturated carbocycles. The maximum atomic E-state index is 10.1. The van der Waals surface area contributed by atoms with Crippen LogP contribution in [0.15, 0.2) is 24.3 Å². The van der Waals surface area contributed by atoms with E-state index in [0.717, 1.165) is 12.2 Å². The molecule has 0 atom stereocenters. The van der Waals surface area contributed by atoms with Crippen LogP contribution in [0, 0.1) is 0 Å². The number of carbonyl (C=O) groups excluding carboxylic acids is 2. The molecule has 0 aliphatic heterocycles. The molecule has 0 heterocycles. The third-order valence-electron chi connectivity index (χ3n) is 2.13. The molecule has 8 nitrogen and oxygen atoms in total. The summed E-state index contributed by atoms with van der Waals surface area (Å²) in [6.45, 7) is 8.72. The smallest absolute Gasteiger partial charge is 0.330 e. The summed E-state index contributed by atoms with van der Waals surface area (Å²) in [4.78, 5) is 39.7. The van der Waals surface area contributed by atoms with Crippen LogP contribution >= 0.6 is 0 Å². The summed E-state index contributed by atoms with van der Waals surface area (Å²) >= 11 is 0. The van der Waals surface area contributed by atoms with E-state index in [9.17, 15) is 19.2 Å². The van der Waals surface area contributed by atoms with E-state index in [0.29, 0.717) is 12.2 Å². The first-order valence-corrected chi connectivity index (χ1v) is 8.14. The molecular weight excluding hydrogens is 463 g/mol. The normalized spacial score (nSPS) is 8.52. The number of carboxylic acids is 2. The van der Waals surface area contributed by atoms with Gasteiger partial charge in [-0.2, -0.15) is 0 Å². The second-order valence-electron chi connectivity index (χ2n) is 4.39. The van der Waals surface area contributed by atoms with Gasteiger partial charge in [-0.15, -0.1) is 0 Å². The van der Waals surface area contributed by atoms with Gasteiger partial charge in [-0.05, 0) is 0 Å². The Kier molecular flexibility index (Phi) is 42.7. The van der Waals surface area contributed by atoms with E-state index in [1.807, 2.05) is 0 Å². The summed E-state index contributed by atoms with van der Waals surface area (Å²) in [5.41, 5.74) is 0. The molecule has 156 valence electrons. The molecular formula is C18H32O8Sn. The van der Waals surface area contributed by atoms with Gasteiger partial charge in [0.15, 0.2) is 0 Å². The number of carboxylic acid groups (broad SMARTS) is 2. The maximum Gasteiger partial charge on any atom is 0.330 e. The molecule has 2 N–H and O–H groups in total. The number of carbonyl (C=O) groups is 4. The largest absolute Gasteiger partial charge is 0.478 e. The van der Waals surface area contributed by atoms with Crippen LogP contribution in [0.2, 0.25) is 0 Å². The van der Waals surface area contributed by atoms with Crippen LogP contribution in [0.25, 0.3) is 0 Å². The second-order valence-corrected chi connectivity index (χ2v) is 4.39. The Morgan fingerprint density at radius 2 is 0.852 bits per heavy atom. The minimum absolute atomic E-state index is 0. The summed E-state index contributed by atoms with van der Waals surface area (Å²) in [5.74, 6) is -3.67. The molecule has 0 aliphatic carbocycles. The van der Waals surface area contributed by atoms with Crippen LogP contribution in [0.3, 0.4) is 0 Å². The van der Waals surface area contributed by atoms with Gasteiger partial charge in [-0.1, -0.05) is 53.4 Å². The molecule has 4 radical (unpaired) electrons. The third-order valence-corrected chi connectivity index (χ3v) is 2.13. The first kappa shape index (κ1) is 36.1. The minimum atomic E-state index is -1.17. The summed E-state index contributed by atoms with van der Waals surface area (Å²) in [5, 5.41) is 15.9. The Bertz CT molecular complexity index is 387. The first-order chi connectivity index (χ1) is 12.2. The van der Waals surface area contributed by atoms with Crippen LogP contribution in [0.1, 0.15) is 53.4 Å². The van der Waals surface area contributed by atoms with Gasteiger partial charge in [-0.3, -0.25) is 0 Å². The van der Waals surface area contributed by atoms with Crippen LogP contribution in [0.5, 0.6) is 0 Å². The van der Waals surface area contributed by atoms with Gasteiger partial charge in [0.25, 0.3) is 0 Å². The molecule has 0 bridgehead atoms. The summed E-state index contributed by atoms with van der Waals surface area (Å²) in [6, 6.07) is 0. The van der Waals surface area contributed by atoms with E-state index in [-0.39, 0.29) is 23.9 Å². The summed E-state index contributed by atoms with van der Waals surface area (Å²) in [6.07, 6.45) is 8.38. The van der Waals surface area contributed by atoms with E-state index in [2.05, 4.69) is 37.2 Å². The van der Waals surface area contributed by atoms with Crippen LogP contribution in [-0.4, -0.2) is 72.2 Å². The average molecular weight is 495 g/mol. The zero-order valence-corrected chi connectivity index (χ0v) is 19.8. The summed E-state index contributed by atoms with van der Waals surface area (Å²) in [7, 11) is 2.35. The van der Waals surface area contributed by atoms with Crippen molar-refractivity contribution in [3.8, 4) is 0 Å². The van der Waals surface area contributed by atoms with Crippen molar-refractivity contribution in [1.29, 1.82) is 0 Å². The first-order valence-electron chi connectivity index (χ1n) is 8.14. The van der Waals surface area contributed by atoms with Gasteiger partial charge >= 0.3 is 23.9 Å². The third kappa shape index (κ3) is 59.2.